The van der Waals surface area contributed by atoms with E-state index in [4.69, 9.17) is 4.98 Å². The third kappa shape index (κ3) is 5.27. The van der Waals surface area contributed by atoms with E-state index in [1.54, 1.807) is 0 Å². The second kappa shape index (κ2) is 10.6. The molecule has 1 aromatic carbocycles. The summed E-state index contributed by atoms with van der Waals surface area (Å²) in [5.41, 5.74) is 8.32. The smallest absolute Gasteiger partial charge is 0.0705 e. The first-order valence-electron chi connectivity index (χ1n) is 12.0. The van der Waals surface area contributed by atoms with Gasteiger partial charge >= 0.3 is 0 Å². The summed E-state index contributed by atoms with van der Waals surface area (Å²) in [4.78, 5) is 9.54. The molecule has 0 aliphatic heterocycles. The first kappa shape index (κ1) is 22.3. The number of aryl methyl sites for hydroxylation is 2. The summed E-state index contributed by atoms with van der Waals surface area (Å²) >= 11 is 0. The quantitative estimate of drug-likeness (QED) is 0.346. The number of nitrogens with zero attached hydrogens (tertiary/aromatic N) is 3. The zero-order valence-corrected chi connectivity index (χ0v) is 19.7. The molecular formula is C29H35N3. The van der Waals surface area contributed by atoms with Gasteiger partial charge in [0.25, 0.3) is 0 Å². The molecule has 32 heavy (non-hydrogen) atoms. The fraction of sp³-hybridized carbons (Fsp3) is 0.379. The molecule has 4 rings (SSSR count). The van der Waals surface area contributed by atoms with Gasteiger partial charge in [0.2, 0.25) is 0 Å². The van der Waals surface area contributed by atoms with Gasteiger partial charge in [-0.15, -0.1) is 0 Å². The van der Waals surface area contributed by atoms with E-state index in [1.165, 1.54) is 65.6 Å². The summed E-state index contributed by atoms with van der Waals surface area (Å²) in [6.07, 6.45) is 17.3. The second-order valence-electron chi connectivity index (χ2n) is 8.98. The molecule has 2 aromatic heterocycles. The normalized spacial score (nSPS) is 15.2. The lowest BCUT2D eigenvalue weighted by atomic mass is 9.94. The van der Waals surface area contributed by atoms with Crippen molar-refractivity contribution in [2.75, 3.05) is 7.05 Å². The van der Waals surface area contributed by atoms with Crippen molar-refractivity contribution in [3.8, 4) is 22.4 Å². The lowest BCUT2D eigenvalue weighted by molar-refractivity contribution is 0.500. The topological polar surface area (TPSA) is 30.2 Å². The average Bonchev–Trinajstić information content (AvgIpc) is 3.49. The monoisotopic (exact) mass is 425 g/mol. The zero-order chi connectivity index (χ0) is 22.3. The Balaban J connectivity index is 1.70. The molecule has 0 amide bonds. The maximum Gasteiger partial charge on any atom is 0.0705 e. The Bertz CT molecular complexity index is 1100. The van der Waals surface area contributed by atoms with Crippen molar-refractivity contribution in [2.45, 2.75) is 51.9 Å². The second-order valence-corrected chi connectivity index (χ2v) is 8.98. The van der Waals surface area contributed by atoms with Crippen LogP contribution in [0.2, 0.25) is 0 Å². The molecule has 1 saturated carbocycles. The first-order chi connectivity index (χ1) is 15.7. The third-order valence-electron chi connectivity index (χ3n) is 6.57. The van der Waals surface area contributed by atoms with Gasteiger partial charge in [-0.3, -0.25) is 9.98 Å². The molecule has 0 saturated heterocycles. The molecule has 3 nitrogen and oxygen atoms in total. The Morgan fingerprint density at radius 3 is 2.62 bits per heavy atom. The molecule has 2 heterocycles. The highest BCUT2D eigenvalue weighted by Gasteiger charge is 2.17. The first-order valence-corrected chi connectivity index (χ1v) is 12.0. The minimum atomic E-state index is 0.855. The molecule has 3 heteroatoms. The molecule has 0 N–H and O–H groups in total. The summed E-state index contributed by atoms with van der Waals surface area (Å²) in [6.45, 7) is 2.18. The summed E-state index contributed by atoms with van der Waals surface area (Å²) in [6, 6.07) is 15.3. The van der Waals surface area contributed by atoms with Gasteiger partial charge in [-0.05, 0) is 60.1 Å². The minimum Gasteiger partial charge on any atom is -0.357 e. The molecule has 0 unspecified atom stereocenters. The average molecular weight is 426 g/mol. The van der Waals surface area contributed by atoms with Crippen LogP contribution in [0.3, 0.4) is 0 Å². The van der Waals surface area contributed by atoms with Gasteiger partial charge in [-0.25, -0.2) is 0 Å². The SMILES string of the molecule is CC/C=C(\C=NC)c1ccc(-c2cccc(-c3ccn(C)c3)c2)nc1CCC1CCCC1. The maximum absolute atomic E-state index is 5.22. The Hall–Kier alpha value is -2.94. The van der Waals surface area contributed by atoms with Crippen LogP contribution in [0.25, 0.3) is 28.0 Å². The van der Waals surface area contributed by atoms with Crippen LogP contribution in [0.1, 0.15) is 56.7 Å². The fourth-order valence-corrected chi connectivity index (χ4v) is 4.88. The number of pyridine rings is 1. The van der Waals surface area contributed by atoms with Gasteiger partial charge in [-0.2, -0.15) is 0 Å². The highest BCUT2D eigenvalue weighted by atomic mass is 14.9. The number of benzene rings is 1. The van der Waals surface area contributed by atoms with Crippen LogP contribution < -0.4 is 0 Å². The number of hydrogen-bond donors (Lipinski definition) is 0. The minimum absolute atomic E-state index is 0.855. The highest BCUT2D eigenvalue weighted by molar-refractivity contribution is 6.10. The van der Waals surface area contributed by atoms with Gasteiger partial charge < -0.3 is 4.57 Å². The van der Waals surface area contributed by atoms with Crippen molar-refractivity contribution >= 4 is 11.8 Å². The van der Waals surface area contributed by atoms with Crippen molar-refractivity contribution < 1.29 is 0 Å². The van der Waals surface area contributed by atoms with Crippen molar-refractivity contribution in [3.05, 3.63) is 72.2 Å². The molecule has 3 aromatic rings. The van der Waals surface area contributed by atoms with Crippen LogP contribution in [-0.4, -0.2) is 22.8 Å². The molecule has 0 atom stereocenters. The molecule has 0 radical (unpaired) electrons. The Labute approximate surface area is 192 Å². The zero-order valence-electron chi connectivity index (χ0n) is 19.7. The number of aliphatic imine (C=N–C) groups is 1. The summed E-state index contributed by atoms with van der Waals surface area (Å²) in [5, 5.41) is 0. The van der Waals surface area contributed by atoms with E-state index in [-0.39, 0.29) is 0 Å². The molecular weight excluding hydrogens is 390 g/mol. The predicted molar refractivity (Wildman–Crippen MR) is 137 cm³/mol. The van der Waals surface area contributed by atoms with Crippen LogP contribution in [-0.2, 0) is 13.5 Å². The number of hydrogen-bond acceptors (Lipinski definition) is 2. The largest absolute Gasteiger partial charge is 0.357 e. The standard InChI is InChI=1S/C29H35N3/c1-4-8-25(20-30-2)27-14-16-28(31-29(27)15-13-22-9-5-6-10-22)24-12-7-11-23(19-24)26-17-18-32(3)21-26/h7-8,11-12,14,16-22H,4-6,9-10,13,15H2,1-3H3/b25-8+,30-20?. The van der Waals surface area contributed by atoms with E-state index in [2.05, 4.69) is 84.5 Å². The Kier molecular flexibility index (Phi) is 7.36. The van der Waals surface area contributed by atoms with Gasteiger partial charge in [0.15, 0.2) is 0 Å². The van der Waals surface area contributed by atoms with Gasteiger partial charge in [0, 0.05) is 49.5 Å². The fourth-order valence-electron chi connectivity index (χ4n) is 4.88. The highest BCUT2D eigenvalue weighted by Crippen LogP contribution is 2.31. The van der Waals surface area contributed by atoms with E-state index in [9.17, 15) is 0 Å². The Morgan fingerprint density at radius 2 is 1.91 bits per heavy atom. The number of aromatic nitrogens is 2. The summed E-state index contributed by atoms with van der Waals surface area (Å²) in [5.74, 6) is 0.855. The molecule has 1 aliphatic carbocycles. The van der Waals surface area contributed by atoms with Crippen LogP contribution >= 0.6 is 0 Å². The number of allylic oxidation sites excluding steroid dienone is 2. The van der Waals surface area contributed by atoms with Crippen molar-refractivity contribution in [2.24, 2.45) is 18.0 Å². The van der Waals surface area contributed by atoms with E-state index in [1.807, 2.05) is 13.3 Å². The van der Waals surface area contributed by atoms with E-state index >= 15 is 0 Å². The van der Waals surface area contributed by atoms with Gasteiger partial charge in [0.1, 0.15) is 0 Å². The van der Waals surface area contributed by atoms with E-state index in [0.717, 1.165) is 24.5 Å². The molecule has 0 spiro atoms. The molecule has 1 fully saturated rings. The predicted octanol–water partition coefficient (Wildman–Crippen LogP) is 7.37. The molecule has 0 bridgehead atoms. The Morgan fingerprint density at radius 1 is 1.09 bits per heavy atom. The third-order valence-corrected chi connectivity index (χ3v) is 6.57. The van der Waals surface area contributed by atoms with Crippen LogP contribution in [0, 0.1) is 5.92 Å². The lowest BCUT2D eigenvalue weighted by Gasteiger charge is -2.15. The van der Waals surface area contributed by atoms with Gasteiger partial charge in [0.05, 0.1) is 5.69 Å². The maximum atomic E-state index is 5.22. The van der Waals surface area contributed by atoms with Crippen LogP contribution in [0.4, 0.5) is 0 Å². The van der Waals surface area contributed by atoms with E-state index in [0.29, 0.717) is 0 Å². The number of rotatable bonds is 8. The van der Waals surface area contributed by atoms with Crippen LogP contribution in [0.15, 0.2) is 65.9 Å². The summed E-state index contributed by atoms with van der Waals surface area (Å²) < 4.78 is 2.09. The lowest BCUT2D eigenvalue weighted by Crippen LogP contribution is -2.04. The van der Waals surface area contributed by atoms with E-state index < -0.39 is 0 Å². The van der Waals surface area contributed by atoms with Gasteiger partial charge in [-0.1, -0.05) is 62.9 Å². The van der Waals surface area contributed by atoms with Crippen molar-refractivity contribution in [3.63, 3.8) is 0 Å². The molecule has 166 valence electrons. The van der Waals surface area contributed by atoms with Crippen molar-refractivity contribution in [1.29, 1.82) is 0 Å². The summed E-state index contributed by atoms with van der Waals surface area (Å²) in [7, 11) is 3.91. The molecule has 1 aliphatic rings. The van der Waals surface area contributed by atoms with Crippen LogP contribution in [0.5, 0.6) is 0 Å². The van der Waals surface area contributed by atoms with Crippen molar-refractivity contribution in [1.82, 2.24) is 9.55 Å².